The van der Waals surface area contributed by atoms with E-state index in [9.17, 15) is 4.79 Å². The van der Waals surface area contributed by atoms with E-state index in [1.54, 1.807) is 11.3 Å². The van der Waals surface area contributed by atoms with E-state index < -0.39 is 0 Å². The van der Waals surface area contributed by atoms with Gasteiger partial charge in [0.1, 0.15) is 5.01 Å². The zero-order chi connectivity index (χ0) is 15.4. The summed E-state index contributed by atoms with van der Waals surface area (Å²) in [7, 11) is 0. The number of nitrogens with two attached hydrogens (primary N) is 1. The maximum Gasteiger partial charge on any atom is 0.223 e. The zero-order valence-electron chi connectivity index (χ0n) is 12.9. The number of nitrogens with zero attached hydrogens (tertiary/aromatic N) is 1. The van der Waals surface area contributed by atoms with Crippen molar-refractivity contribution in [3.05, 3.63) is 41.4 Å². The Morgan fingerprint density at radius 1 is 1.30 bits per heavy atom. The number of thiazole rings is 1. The van der Waals surface area contributed by atoms with Crippen LogP contribution in [0.5, 0.6) is 0 Å². The standard InChI is InChI=1S/C17H21N3OS.ClH/c18-9-13-7-4-8-15(13)16(21)19-10-14-11-22-17(20-14)12-5-2-1-3-6-12;/h1-3,5-6,11,13,15H,4,7-10,18H2,(H,19,21);1H/t13-,15-;/m1./s1. The average Bonchev–Trinajstić information content (AvgIpc) is 3.22. The van der Waals surface area contributed by atoms with Gasteiger partial charge < -0.3 is 11.1 Å². The Kier molecular flexibility index (Phi) is 6.57. The lowest BCUT2D eigenvalue weighted by atomic mass is 9.95. The van der Waals surface area contributed by atoms with Gasteiger partial charge in [0.2, 0.25) is 5.91 Å². The summed E-state index contributed by atoms with van der Waals surface area (Å²) in [5.74, 6) is 0.551. The highest BCUT2D eigenvalue weighted by Gasteiger charge is 2.31. The summed E-state index contributed by atoms with van der Waals surface area (Å²) in [6.07, 6.45) is 3.14. The molecule has 0 spiro atoms. The Hall–Kier alpha value is -1.43. The Morgan fingerprint density at radius 2 is 2.09 bits per heavy atom. The lowest BCUT2D eigenvalue weighted by Crippen LogP contribution is -2.34. The summed E-state index contributed by atoms with van der Waals surface area (Å²) >= 11 is 1.61. The van der Waals surface area contributed by atoms with E-state index in [0.717, 1.165) is 35.5 Å². The van der Waals surface area contributed by atoms with Crippen LogP contribution in [0.4, 0.5) is 0 Å². The third-order valence-electron chi connectivity index (χ3n) is 4.31. The molecule has 23 heavy (non-hydrogen) atoms. The first-order valence-corrected chi connectivity index (χ1v) is 8.63. The van der Waals surface area contributed by atoms with Crippen molar-refractivity contribution >= 4 is 29.7 Å². The molecule has 0 bridgehead atoms. The molecule has 1 heterocycles. The second-order valence-corrected chi connectivity index (χ2v) is 6.62. The van der Waals surface area contributed by atoms with Crippen LogP contribution in [0.15, 0.2) is 35.7 Å². The highest BCUT2D eigenvalue weighted by molar-refractivity contribution is 7.13. The SMILES string of the molecule is Cl.NC[C@H]1CCC[C@H]1C(=O)NCc1csc(-c2ccccc2)n1. The molecule has 1 saturated carbocycles. The van der Waals surface area contributed by atoms with Crippen molar-refractivity contribution in [2.45, 2.75) is 25.8 Å². The highest BCUT2D eigenvalue weighted by Crippen LogP contribution is 2.31. The summed E-state index contributed by atoms with van der Waals surface area (Å²) < 4.78 is 0. The lowest BCUT2D eigenvalue weighted by molar-refractivity contribution is -0.126. The van der Waals surface area contributed by atoms with Crippen LogP contribution in [0, 0.1) is 11.8 Å². The molecule has 124 valence electrons. The van der Waals surface area contributed by atoms with Crippen LogP contribution in [0.25, 0.3) is 10.6 Å². The van der Waals surface area contributed by atoms with E-state index in [1.807, 2.05) is 35.7 Å². The van der Waals surface area contributed by atoms with Crippen molar-refractivity contribution in [3.63, 3.8) is 0 Å². The minimum atomic E-state index is 0. The fraction of sp³-hybridized carbons (Fsp3) is 0.412. The molecular weight excluding hydrogens is 330 g/mol. The molecule has 1 aliphatic carbocycles. The van der Waals surface area contributed by atoms with E-state index in [2.05, 4.69) is 10.3 Å². The largest absolute Gasteiger partial charge is 0.350 e. The summed E-state index contributed by atoms with van der Waals surface area (Å²) in [4.78, 5) is 16.9. The molecule has 6 heteroatoms. The van der Waals surface area contributed by atoms with Gasteiger partial charge in [0, 0.05) is 16.9 Å². The number of hydrogen-bond acceptors (Lipinski definition) is 4. The van der Waals surface area contributed by atoms with Crippen LogP contribution in [0.2, 0.25) is 0 Å². The third kappa shape index (κ3) is 4.31. The second-order valence-electron chi connectivity index (χ2n) is 5.76. The van der Waals surface area contributed by atoms with Gasteiger partial charge in [0.25, 0.3) is 0 Å². The molecule has 1 aromatic heterocycles. The molecule has 2 atom stereocenters. The number of carbonyl (C=O) groups is 1. The van der Waals surface area contributed by atoms with Gasteiger partial charge in [0.15, 0.2) is 0 Å². The van der Waals surface area contributed by atoms with Gasteiger partial charge in [-0.05, 0) is 25.3 Å². The predicted octanol–water partition coefficient (Wildman–Crippen LogP) is 3.22. The van der Waals surface area contributed by atoms with E-state index in [1.165, 1.54) is 0 Å². The highest BCUT2D eigenvalue weighted by atomic mass is 35.5. The van der Waals surface area contributed by atoms with E-state index in [-0.39, 0.29) is 24.2 Å². The molecule has 2 aromatic rings. The van der Waals surface area contributed by atoms with E-state index in [0.29, 0.717) is 19.0 Å². The Balaban J connectivity index is 0.00000192. The van der Waals surface area contributed by atoms with Crippen molar-refractivity contribution < 1.29 is 4.79 Å². The monoisotopic (exact) mass is 351 g/mol. The topological polar surface area (TPSA) is 68.0 Å². The molecule has 1 aromatic carbocycles. The van der Waals surface area contributed by atoms with Crippen LogP contribution >= 0.6 is 23.7 Å². The van der Waals surface area contributed by atoms with Gasteiger partial charge >= 0.3 is 0 Å². The summed E-state index contributed by atoms with van der Waals surface area (Å²) in [6, 6.07) is 10.1. The quantitative estimate of drug-likeness (QED) is 0.869. The summed E-state index contributed by atoms with van der Waals surface area (Å²) in [5.41, 5.74) is 7.78. The minimum absolute atomic E-state index is 0. The lowest BCUT2D eigenvalue weighted by Gasteiger charge is -2.16. The zero-order valence-corrected chi connectivity index (χ0v) is 14.5. The molecule has 1 aliphatic rings. The van der Waals surface area contributed by atoms with Crippen molar-refractivity contribution in [1.82, 2.24) is 10.3 Å². The van der Waals surface area contributed by atoms with Crippen molar-refractivity contribution in [2.75, 3.05) is 6.54 Å². The number of hydrogen-bond donors (Lipinski definition) is 2. The first-order chi connectivity index (χ1) is 10.8. The fourth-order valence-electron chi connectivity index (χ4n) is 3.07. The first-order valence-electron chi connectivity index (χ1n) is 7.75. The first kappa shape index (κ1) is 17.9. The van der Waals surface area contributed by atoms with Gasteiger partial charge in [-0.2, -0.15) is 0 Å². The molecule has 1 fully saturated rings. The predicted molar refractivity (Wildman–Crippen MR) is 96.5 cm³/mol. The summed E-state index contributed by atoms with van der Waals surface area (Å²) in [5, 5.41) is 6.02. The molecule has 3 rings (SSSR count). The average molecular weight is 352 g/mol. The Labute approximate surface area is 146 Å². The number of aromatic nitrogens is 1. The van der Waals surface area contributed by atoms with Gasteiger partial charge in [-0.1, -0.05) is 36.8 Å². The van der Waals surface area contributed by atoms with Crippen LogP contribution in [-0.2, 0) is 11.3 Å². The van der Waals surface area contributed by atoms with Crippen molar-refractivity contribution in [3.8, 4) is 10.6 Å². The van der Waals surface area contributed by atoms with Crippen LogP contribution < -0.4 is 11.1 Å². The second kappa shape index (κ2) is 8.43. The van der Waals surface area contributed by atoms with E-state index >= 15 is 0 Å². The fourth-order valence-corrected chi connectivity index (χ4v) is 3.90. The van der Waals surface area contributed by atoms with Gasteiger partial charge in [-0.15, -0.1) is 23.7 Å². The third-order valence-corrected chi connectivity index (χ3v) is 5.25. The number of carbonyl (C=O) groups excluding carboxylic acids is 1. The van der Waals surface area contributed by atoms with Crippen LogP contribution in [0.3, 0.4) is 0 Å². The number of nitrogens with one attached hydrogen (secondary N) is 1. The Bertz CT molecular complexity index is 632. The van der Waals surface area contributed by atoms with Gasteiger partial charge in [0.05, 0.1) is 12.2 Å². The normalized spacial score (nSPS) is 20.0. The smallest absolute Gasteiger partial charge is 0.223 e. The van der Waals surface area contributed by atoms with Crippen molar-refractivity contribution in [1.29, 1.82) is 0 Å². The number of amides is 1. The minimum Gasteiger partial charge on any atom is -0.350 e. The molecule has 0 saturated heterocycles. The molecule has 1 amide bonds. The molecule has 3 N–H and O–H groups in total. The van der Waals surface area contributed by atoms with Gasteiger partial charge in [-0.3, -0.25) is 4.79 Å². The molecule has 0 aliphatic heterocycles. The Morgan fingerprint density at radius 3 is 2.83 bits per heavy atom. The van der Waals surface area contributed by atoms with Gasteiger partial charge in [-0.25, -0.2) is 4.98 Å². The van der Waals surface area contributed by atoms with Crippen LogP contribution in [-0.4, -0.2) is 17.4 Å². The maximum absolute atomic E-state index is 12.3. The molecule has 0 unspecified atom stereocenters. The number of rotatable bonds is 5. The van der Waals surface area contributed by atoms with Crippen molar-refractivity contribution in [2.24, 2.45) is 17.6 Å². The number of halogens is 1. The molecule has 0 radical (unpaired) electrons. The maximum atomic E-state index is 12.3. The van der Waals surface area contributed by atoms with E-state index in [4.69, 9.17) is 5.73 Å². The summed E-state index contributed by atoms with van der Waals surface area (Å²) in [6.45, 7) is 1.10. The number of benzene rings is 1. The van der Waals surface area contributed by atoms with Crippen LogP contribution in [0.1, 0.15) is 25.0 Å². The molecule has 4 nitrogen and oxygen atoms in total. The molecular formula is C17H22ClN3OS.